The van der Waals surface area contributed by atoms with E-state index in [1.54, 1.807) is 25.3 Å². The second-order valence-corrected chi connectivity index (χ2v) is 7.27. The predicted molar refractivity (Wildman–Crippen MR) is 115 cm³/mol. The number of rotatable bonds is 9. The van der Waals surface area contributed by atoms with Gasteiger partial charge in [-0.1, -0.05) is 36.2 Å². The Morgan fingerprint density at radius 1 is 1.10 bits per heavy atom. The Morgan fingerprint density at radius 3 is 2.52 bits per heavy atom. The number of halogens is 2. The Kier molecular flexibility index (Phi) is 8.61. The summed E-state index contributed by atoms with van der Waals surface area (Å²) in [6.07, 6.45) is 0.703. The van der Waals surface area contributed by atoms with Gasteiger partial charge in [0.15, 0.2) is 18.1 Å². The van der Waals surface area contributed by atoms with Crippen molar-refractivity contribution in [1.29, 1.82) is 0 Å². The molecule has 0 spiro atoms. The molecule has 8 heteroatoms. The van der Waals surface area contributed by atoms with Crippen LogP contribution in [-0.4, -0.2) is 43.5 Å². The molecule has 2 aromatic carbocycles. The van der Waals surface area contributed by atoms with Crippen LogP contribution in [-0.2, 0) is 9.59 Å². The first-order chi connectivity index (χ1) is 13.8. The molecule has 0 saturated carbocycles. The predicted octanol–water partition coefficient (Wildman–Crippen LogP) is 4.57. The molecule has 0 heterocycles. The molecular weight excluding hydrogens is 415 g/mol. The van der Waals surface area contributed by atoms with Crippen molar-refractivity contribution in [3.63, 3.8) is 0 Å². The number of anilines is 1. The zero-order valence-corrected chi connectivity index (χ0v) is 18.1. The number of nitrogens with zero attached hydrogens (tertiary/aromatic N) is 1. The van der Waals surface area contributed by atoms with E-state index in [0.29, 0.717) is 40.2 Å². The fourth-order valence-electron chi connectivity index (χ4n) is 2.64. The summed E-state index contributed by atoms with van der Waals surface area (Å²) in [6, 6.07) is 10.2. The molecular formula is C21H24Cl2N2O4. The lowest BCUT2D eigenvalue weighted by Gasteiger charge is -2.22. The van der Waals surface area contributed by atoms with E-state index in [1.807, 2.05) is 26.0 Å². The number of nitrogens with one attached hydrogen (secondary N) is 1. The van der Waals surface area contributed by atoms with Gasteiger partial charge in [-0.3, -0.25) is 9.59 Å². The van der Waals surface area contributed by atoms with Gasteiger partial charge in [-0.05, 0) is 49.2 Å². The fourth-order valence-corrected chi connectivity index (χ4v) is 3.10. The number of benzene rings is 2. The highest BCUT2D eigenvalue weighted by atomic mass is 35.5. The lowest BCUT2D eigenvalue weighted by Crippen LogP contribution is -2.41. The van der Waals surface area contributed by atoms with Crippen molar-refractivity contribution in [1.82, 2.24) is 4.90 Å². The van der Waals surface area contributed by atoms with E-state index in [1.165, 1.54) is 11.0 Å². The molecule has 0 unspecified atom stereocenters. The Balaban J connectivity index is 1.98. The molecule has 1 N–H and O–H groups in total. The van der Waals surface area contributed by atoms with Crippen LogP contribution in [0.3, 0.4) is 0 Å². The monoisotopic (exact) mass is 438 g/mol. The molecule has 2 aromatic rings. The maximum Gasteiger partial charge on any atom is 0.260 e. The average molecular weight is 439 g/mol. The van der Waals surface area contributed by atoms with Crippen molar-refractivity contribution in [2.24, 2.45) is 0 Å². The van der Waals surface area contributed by atoms with E-state index >= 15 is 0 Å². The summed E-state index contributed by atoms with van der Waals surface area (Å²) in [5.74, 6) is 0.367. The van der Waals surface area contributed by atoms with Crippen LogP contribution in [0.2, 0.25) is 10.0 Å². The molecule has 0 fully saturated rings. The van der Waals surface area contributed by atoms with E-state index in [9.17, 15) is 9.59 Å². The van der Waals surface area contributed by atoms with Crippen molar-refractivity contribution in [2.45, 2.75) is 20.3 Å². The molecule has 0 bridgehead atoms. The van der Waals surface area contributed by atoms with Gasteiger partial charge in [0.05, 0.1) is 24.4 Å². The van der Waals surface area contributed by atoms with Crippen LogP contribution in [0.25, 0.3) is 0 Å². The second-order valence-electron chi connectivity index (χ2n) is 6.43. The molecule has 0 atom stereocenters. The first-order valence-electron chi connectivity index (χ1n) is 9.14. The zero-order valence-electron chi connectivity index (χ0n) is 16.6. The van der Waals surface area contributed by atoms with E-state index < -0.39 is 0 Å². The largest absolute Gasteiger partial charge is 0.493 e. The van der Waals surface area contributed by atoms with Crippen LogP contribution in [0.4, 0.5) is 5.69 Å². The van der Waals surface area contributed by atoms with Gasteiger partial charge in [0.2, 0.25) is 5.91 Å². The van der Waals surface area contributed by atoms with Crippen molar-refractivity contribution >= 4 is 40.7 Å². The maximum atomic E-state index is 12.6. The Bertz CT molecular complexity index is 874. The van der Waals surface area contributed by atoms with E-state index in [0.717, 1.165) is 5.56 Å². The van der Waals surface area contributed by atoms with Gasteiger partial charge in [-0.25, -0.2) is 0 Å². The molecule has 6 nitrogen and oxygen atoms in total. The molecule has 0 aromatic heterocycles. The van der Waals surface area contributed by atoms with E-state index in [2.05, 4.69) is 5.32 Å². The van der Waals surface area contributed by atoms with Crippen molar-refractivity contribution in [3.8, 4) is 11.5 Å². The molecule has 0 saturated heterocycles. The highest BCUT2D eigenvalue weighted by Crippen LogP contribution is 2.28. The molecule has 0 radical (unpaired) electrons. The number of carbonyl (C=O) groups excluding carboxylic acids is 2. The minimum absolute atomic E-state index is 0.111. The van der Waals surface area contributed by atoms with E-state index in [4.69, 9.17) is 32.7 Å². The lowest BCUT2D eigenvalue weighted by molar-refractivity contribution is -0.136. The summed E-state index contributed by atoms with van der Waals surface area (Å²) in [5.41, 5.74) is 1.45. The number of amides is 2. The summed E-state index contributed by atoms with van der Waals surface area (Å²) in [5, 5.41) is 3.49. The summed E-state index contributed by atoms with van der Waals surface area (Å²) < 4.78 is 10.9. The standard InChI is InChI=1S/C21H24Cl2N2O4/c1-4-9-25(12-20(26)24-17-7-6-15(22)11-16(17)23)21(27)13-29-18-8-5-14(2)10-19(18)28-3/h5-8,10-11H,4,9,12-13H2,1-3H3,(H,24,26). The average Bonchev–Trinajstić information content (AvgIpc) is 2.68. The molecule has 2 rings (SSSR count). The smallest absolute Gasteiger partial charge is 0.260 e. The first kappa shape index (κ1) is 22.8. The lowest BCUT2D eigenvalue weighted by atomic mass is 10.2. The quantitative estimate of drug-likeness (QED) is 0.622. The number of methoxy groups -OCH3 is 1. The van der Waals surface area contributed by atoms with Gasteiger partial charge >= 0.3 is 0 Å². The first-order valence-corrected chi connectivity index (χ1v) is 9.89. The normalized spacial score (nSPS) is 10.4. The van der Waals surface area contributed by atoms with Crippen molar-refractivity contribution in [2.75, 3.05) is 32.1 Å². The third-order valence-corrected chi connectivity index (χ3v) is 4.60. The van der Waals surface area contributed by atoms with Crippen LogP contribution < -0.4 is 14.8 Å². The van der Waals surface area contributed by atoms with Gasteiger partial charge in [-0.15, -0.1) is 0 Å². The van der Waals surface area contributed by atoms with Crippen LogP contribution in [0, 0.1) is 6.92 Å². The highest BCUT2D eigenvalue weighted by Gasteiger charge is 2.18. The zero-order chi connectivity index (χ0) is 21.4. The Labute approximate surface area is 180 Å². The van der Waals surface area contributed by atoms with Gasteiger partial charge in [0.1, 0.15) is 0 Å². The molecule has 0 aliphatic heterocycles. The summed E-state index contributed by atoms with van der Waals surface area (Å²) in [6.45, 7) is 3.98. The summed E-state index contributed by atoms with van der Waals surface area (Å²) in [4.78, 5) is 26.4. The molecule has 156 valence electrons. The number of hydrogen-bond donors (Lipinski definition) is 1. The van der Waals surface area contributed by atoms with E-state index in [-0.39, 0.29) is 25.0 Å². The maximum absolute atomic E-state index is 12.6. The minimum atomic E-state index is -0.357. The number of aryl methyl sites for hydroxylation is 1. The minimum Gasteiger partial charge on any atom is -0.493 e. The second kappa shape index (κ2) is 10.9. The molecule has 0 aliphatic carbocycles. The van der Waals surface area contributed by atoms with Crippen LogP contribution in [0.5, 0.6) is 11.5 Å². The SMILES string of the molecule is CCCN(CC(=O)Nc1ccc(Cl)cc1Cl)C(=O)COc1ccc(C)cc1OC. The topological polar surface area (TPSA) is 67.9 Å². The van der Waals surface area contributed by atoms with Gasteiger partial charge in [-0.2, -0.15) is 0 Å². The van der Waals surface area contributed by atoms with Crippen molar-refractivity contribution in [3.05, 3.63) is 52.0 Å². The van der Waals surface area contributed by atoms with Gasteiger partial charge in [0.25, 0.3) is 5.91 Å². The van der Waals surface area contributed by atoms with Gasteiger partial charge < -0.3 is 19.7 Å². The molecule has 0 aliphatic rings. The fraction of sp³-hybridized carbons (Fsp3) is 0.333. The third kappa shape index (κ3) is 6.84. The van der Waals surface area contributed by atoms with Crippen molar-refractivity contribution < 1.29 is 19.1 Å². The Morgan fingerprint density at radius 2 is 1.86 bits per heavy atom. The number of ether oxygens (including phenoxy) is 2. The summed E-state index contributed by atoms with van der Waals surface area (Å²) >= 11 is 11.9. The third-order valence-electron chi connectivity index (χ3n) is 4.06. The number of hydrogen-bond acceptors (Lipinski definition) is 4. The summed E-state index contributed by atoms with van der Waals surface area (Å²) in [7, 11) is 1.54. The number of carbonyl (C=O) groups is 2. The van der Waals surface area contributed by atoms with Crippen LogP contribution in [0.15, 0.2) is 36.4 Å². The van der Waals surface area contributed by atoms with Crippen LogP contribution >= 0.6 is 23.2 Å². The molecule has 2 amide bonds. The van der Waals surface area contributed by atoms with Gasteiger partial charge in [0, 0.05) is 11.6 Å². The van der Waals surface area contributed by atoms with Crippen LogP contribution in [0.1, 0.15) is 18.9 Å². The Hall–Kier alpha value is -2.44. The highest BCUT2D eigenvalue weighted by molar-refractivity contribution is 6.36. The molecule has 29 heavy (non-hydrogen) atoms.